The van der Waals surface area contributed by atoms with Crippen molar-refractivity contribution in [2.45, 2.75) is 18.9 Å². The van der Waals surface area contributed by atoms with Crippen LogP contribution in [-0.4, -0.2) is 36.0 Å². The molecule has 1 N–H and O–H groups in total. The summed E-state index contributed by atoms with van der Waals surface area (Å²) in [6, 6.07) is 9.38. The number of hydrogen-bond donors (Lipinski definition) is 1. The number of nitrogens with zero attached hydrogens (tertiary/aromatic N) is 2. The molecule has 1 amide bonds. The summed E-state index contributed by atoms with van der Waals surface area (Å²) in [7, 11) is 1.59. The lowest BCUT2D eigenvalue weighted by Crippen LogP contribution is -2.35. The van der Waals surface area contributed by atoms with Gasteiger partial charge in [-0.15, -0.1) is 0 Å². The summed E-state index contributed by atoms with van der Waals surface area (Å²) in [5, 5.41) is 3.74. The Balaban J connectivity index is 1.68. The summed E-state index contributed by atoms with van der Waals surface area (Å²) in [5.41, 5.74) is 1.86. The molecular weight excluding hydrogens is 326 g/mol. The third kappa shape index (κ3) is 3.62. The van der Waals surface area contributed by atoms with Crippen LogP contribution in [0.2, 0.25) is 5.02 Å². The van der Waals surface area contributed by atoms with Crippen LogP contribution in [0.3, 0.4) is 0 Å². The van der Waals surface area contributed by atoms with Crippen molar-refractivity contribution in [3.05, 3.63) is 53.3 Å². The van der Waals surface area contributed by atoms with Crippen molar-refractivity contribution in [2.24, 2.45) is 0 Å². The third-order valence-corrected chi connectivity index (χ3v) is 4.49. The maximum atomic E-state index is 12.7. The van der Waals surface area contributed by atoms with E-state index in [1.165, 1.54) is 0 Å². The maximum absolute atomic E-state index is 12.7. The monoisotopic (exact) mass is 345 g/mol. The second kappa shape index (κ2) is 7.53. The van der Waals surface area contributed by atoms with E-state index in [1.807, 2.05) is 17.0 Å². The minimum atomic E-state index is 0.0661. The van der Waals surface area contributed by atoms with Crippen LogP contribution in [0.5, 0.6) is 5.75 Å². The predicted octanol–water partition coefficient (Wildman–Crippen LogP) is 3.52. The first-order valence-corrected chi connectivity index (χ1v) is 8.33. The molecule has 1 saturated heterocycles. The molecule has 126 valence electrons. The van der Waals surface area contributed by atoms with Gasteiger partial charge in [0.2, 0.25) is 5.91 Å². The molecule has 2 heterocycles. The molecular formula is C18H20ClN3O2. The fourth-order valence-corrected chi connectivity index (χ4v) is 3.26. The van der Waals surface area contributed by atoms with Crippen molar-refractivity contribution >= 4 is 23.2 Å². The Morgan fingerprint density at radius 3 is 2.92 bits per heavy atom. The van der Waals surface area contributed by atoms with E-state index in [4.69, 9.17) is 16.3 Å². The number of aromatic nitrogens is 1. The second-order valence-corrected chi connectivity index (χ2v) is 6.16. The van der Waals surface area contributed by atoms with Gasteiger partial charge in [0.25, 0.3) is 0 Å². The summed E-state index contributed by atoms with van der Waals surface area (Å²) < 4.78 is 5.30. The Bertz CT molecular complexity index is 709. The third-order valence-electron chi connectivity index (χ3n) is 4.26. The van der Waals surface area contributed by atoms with Gasteiger partial charge in [-0.1, -0.05) is 11.6 Å². The number of rotatable bonds is 5. The number of pyridine rings is 1. The van der Waals surface area contributed by atoms with Gasteiger partial charge in [0, 0.05) is 24.0 Å². The molecule has 1 aliphatic rings. The molecule has 5 nitrogen and oxygen atoms in total. The van der Waals surface area contributed by atoms with Gasteiger partial charge in [0.1, 0.15) is 5.75 Å². The van der Waals surface area contributed by atoms with E-state index in [9.17, 15) is 4.79 Å². The number of amides is 1. The van der Waals surface area contributed by atoms with Gasteiger partial charge in [-0.2, -0.15) is 0 Å². The Hall–Kier alpha value is -2.27. The molecule has 0 spiro atoms. The quantitative estimate of drug-likeness (QED) is 0.900. The van der Waals surface area contributed by atoms with Crippen molar-refractivity contribution < 1.29 is 9.53 Å². The topological polar surface area (TPSA) is 54.5 Å². The number of hydrogen-bond acceptors (Lipinski definition) is 4. The highest BCUT2D eigenvalue weighted by Crippen LogP contribution is 2.32. The highest BCUT2D eigenvalue weighted by Gasteiger charge is 2.29. The molecule has 1 unspecified atom stereocenters. The van der Waals surface area contributed by atoms with Crippen molar-refractivity contribution in [3.8, 4) is 5.75 Å². The molecule has 0 radical (unpaired) electrons. The zero-order valence-corrected chi connectivity index (χ0v) is 14.3. The maximum Gasteiger partial charge on any atom is 0.242 e. The lowest BCUT2D eigenvalue weighted by molar-refractivity contribution is -0.130. The second-order valence-electron chi connectivity index (χ2n) is 5.72. The highest BCUT2D eigenvalue weighted by atomic mass is 35.5. The van der Waals surface area contributed by atoms with Gasteiger partial charge in [-0.3, -0.25) is 9.78 Å². The minimum absolute atomic E-state index is 0.0661. The summed E-state index contributed by atoms with van der Waals surface area (Å²) >= 11 is 6.02. The summed E-state index contributed by atoms with van der Waals surface area (Å²) in [5.74, 6) is 0.732. The SMILES string of the molecule is COc1ccc(Cl)cc1NCC(=O)N1CCCC1c1ccncc1. The Morgan fingerprint density at radius 1 is 1.38 bits per heavy atom. The summed E-state index contributed by atoms with van der Waals surface area (Å²) in [6.07, 6.45) is 5.53. The molecule has 3 rings (SSSR count). The average molecular weight is 346 g/mol. The van der Waals surface area contributed by atoms with Crippen LogP contribution in [0.4, 0.5) is 5.69 Å². The van der Waals surface area contributed by atoms with E-state index in [0.717, 1.165) is 30.6 Å². The smallest absolute Gasteiger partial charge is 0.242 e. The van der Waals surface area contributed by atoms with E-state index in [2.05, 4.69) is 10.3 Å². The Kier molecular flexibility index (Phi) is 5.20. The largest absolute Gasteiger partial charge is 0.495 e. The fraction of sp³-hybridized carbons (Fsp3) is 0.333. The van der Waals surface area contributed by atoms with Crippen molar-refractivity contribution in [1.29, 1.82) is 0 Å². The number of carbonyl (C=O) groups is 1. The number of nitrogens with one attached hydrogen (secondary N) is 1. The lowest BCUT2D eigenvalue weighted by Gasteiger charge is -2.25. The van der Waals surface area contributed by atoms with Gasteiger partial charge in [-0.25, -0.2) is 0 Å². The molecule has 1 aromatic carbocycles. The van der Waals surface area contributed by atoms with Gasteiger partial charge >= 0.3 is 0 Å². The molecule has 6 heteroatoms. The molecule has 2 aromatic rings. The zero-order valence-electron chi connectivity index (χ0n) is 13.5. The zero-order chi connectivity index (χ0) is 16.9. The van der Waals surface area contributed by atoms with Crippen LogP contribution < -0.4 is 10.1 Å². The van der Waals surface area contributed by atoms with Crippen LogP contribution in [0.1, 0.15) is 24.4 Å². The molecule has 24 heavy (non-hydrogen) atoms. The summed E-state index contributed by atoms with van der Waals surface area (Å²) in [6.45, 7) is 0.985. The standard InChI is InChI=1S/C18H20ClN3O2/c1-24-17-5-4-14(19)11-15(17)21-12-18(23)22-10-2-3-16(22)13-6-8-20-9-7-13/h4-9,11,16,21H,2-3,10,12H2,1H3. The first-order chi connectivity index (χ1) is 11.7. The van der Waals surface area contributed by atoms with Crippen molar-refractivity contribution in [1.82, 2.24) is 9.88 Å². The molecule has 1 aromatic heterocycles. The lowest BCUT2D eigenvalue weighted by atomic mass is 10.1. The van der Waals surface area contributed by atoms with Gasteiger partial charge in [-0.05, 0) is 48.7 Å². The van der Waals surface area contributed by atoms with Gasteiger partial charge in [0.05, 0.1) is 25.4 Å². The molecule has 0 bridgehead atoms. The number of benzene rings is 1. The number of ether oxygens (including phenoxy) is 1. The normalized spacial score (nSPS) is 16.9. The molecule has 0 aliphatic carbocycles. The fourth-order valence-electron chi connectivity index (χ4n) is 3.09. The van der Waals surface area contributed by atoms with E-state index < -0.39 is 0 Å². The highest BCUT2D eigenvalue weighted by molar-refractivity contribution is 6.30. The number of anilines is 1. The number of methoxy groups -OCH3 is 1. The molecule has 1 atom stereocenters. The number of likely N-dealkylation sites (tertiary alicyclic amines) is 1. The number of carbonyl (C=O) groups excluding carboxylic acids is 1. The van der Waals surface area contributed by atoms with Crippen LogP contribution in [0, 0.1) is 0 Å². The van der Waals surface area contributed by atoms with Crippen molar-refractivity contribution in [3.63, 3.8) is 0 Å². The molecule has 0 saturated carbocycles. The van der Waals surface area contributed by atoms with Crippen LogP contribution in [0.25, 0.3) is 0 Å². The minimum Gasteiger partial charge on any atom is -0.495 e. The molecule has 1 fully saturated rings. The average Bonchev–Trinajstić information content (AvgIpc) is 3.10. The summed E-state index contributed by atoms with van der Waals surface area (Å²) in [4.78, 5) is 18.6. The Labute approximate surface area is 146 Å². The first kappa shape index (κ1) is 16.6. The van der Waals surface area contributed by atoms with E-state index >= 15 is 0 Å². The number of halogens is 1. The van der Waals surface area contributed by atoms with E-state index in [0.29, 0.717) is 10.8 Å². The van der Waals surface area contributed by atoms with Gasteiger partial charge in [0.15, 0.2) is 0 Å². The molecule has 1 aliphatic heterocycles. The van der Waals surface area contributed by atoms with Crippen LogP contribution in [0.15, 0.2) is 42.7 Å². The van der Waals surface area contributed by atoms with Crippen LogP contribution in [-0.2, 0) is 4.79 Å². The van der Waals surface area contributed by atoms with E-state index in [-0.39, 0.29) is 18.5 Å². The first-order valence-electron chi connectivity index (χ1n) is 7.96. The van der Waals surface area contributed by atoms with Crippen molar-refractivity contribution in [2.75, 3.05) is 25.5 Å². The predicted molar refractivity (Wildman–Crippen MR) is 94.4 cm³/mol. The van der Waals surface area contributed by atoms with Gasteiger partial charge < -0.3 is 15.0 Å². The Morgan fingerprint density at radius 2 is 2.17 bits per heavy atom. The van der Waals surface area contributed by atoms with Crippen LogP contribution >= 0.6 is 11.6 Å². The van der Waals surface area contributed by atoms with E-state index in [1.54, 1.807) is 37.7 Å².